The number of nitrogens with zero attached hydrogens (tertiary/aromatic N) is 2. The van der Waals surface area contributed by atoms with Crippen LogP contribution < -0.4 is 16.4 Å². The number of carbonyl (C=O) groups excluding carboxylic acids is 2. The number of aromatic nitrogens is 2. The fourth-order valence-corrected chi connectivity index (χ4v) is 1.51. The van der Waals surface area contributed by atoms with Gasteiger partial charge in [-0.05, 0) is 0 Å². The van der Waals surface area contributed by atoms with Gasteiger partial charge in [-0.15, -0.1) is 10.2 Å². The van der Waals surface area contributed by atoms with Crippen LogP contribution in [0.2, 0.25) is 0 Å². The van der Waals surface area contributed by atoms with E-state index in [9.17, 15) is 9.59 Å². The van der Waals surface area contributed by atoms with E-state index in [1.807, 2.05) is 0 Å². The zero-order valence-corrected chi connectivity index (χ0v) is 10.0. The fourth-order valence-electron chi connectivity index (χ4n) is 0.901. The van der Waals surface area contributed by atoms with Gasteiger partial charge in [0.15, 0.2) is 0 Å². The highest BCUT2D eigenvalue weighted by Gasteiger charge is 2.11. The average molecular weight is 259 g/mol. The van der Waals surface area contributed by atoms with Crippen LogP contribution in [0, 0.1) is 0 Å². The Morgan fingerprint density at radius 2 is 2.24 bits per heavy atom. The quantitative estimate of drug-likeness (QED) is 0.530. The van der Waals surface area contributed by atoms with Crippen molar-refractivity contribution in [2.75, 3.05) is 32.1 Å². The van der Waals surface area contributed by atoms with Crippen molar-refractivity contribution >= 4 is 28.3 Å². The third kappa shape index (κ3) is 4.74. The second kappa shape index (κ2) is 6.76. The third-order valence-corrected chi connectivity index (χ3v) is 2.55. The first-order valence-corrected chi connectivity index (χ1v) is 5.60. The topological polar surface area (TPSA) is 119 Å². The lowest BCUT2D eigenvalue weighted by Gasteiger charge is -2.02. The highest BCUT2D eigenvalue weighted by Crippen LogP contribution is 2.13. The molecule has 0 spiro atoms. The molecule has 0 aliphatic carbocycles. The Labute approximate surface area is 102 Å². The standard InChI is InChI=1S/C8H13N5O3S/c1-10-8-13-12-7(17-8)6(15)11-2-3-16-4-5(9)14/h2-4H2,1H3,(H2,9,14)(H,10,13)(H,11,15). The maximum absolute atomic E-state index is 11.5. The molecule has 1 aromatic rings. The van der Waals surface area contributed by atoms with Gasteiger partial charge in [-0.25, -0.2) is 0 Å². The van der Waals surface area contributed by atoms with Crippen molar-refractivity contribution in [3.63, 3.8) is 0 Å². The smallest absolute Gasteiger partial charge is 0.282 e. The summed E-state index contributed by atoms with van der Waals surface area (Å²) < 4.78 is 4.87. The number of ether oxygens (including phenoxy) is 1. The second-order valence-corrected chi connectivity index (χ2v) is 3.91. The minimum atomic E-state index is -0.542. The molecule has 0 aliphatic heterocycles. The molecule has 0 aromatic carbocycles. The van der Waals surface area contributed by atoms with E-state index < -0.39 is 5.91 Å². The molecule has 2 amide bonds. The molecule has 0 saturated carbocycles. The molecule has 17 heavy (non-hydrogen) atoms. The van der Waals surface area contributed by atoms with Crippen LogP contribution in [0.25, 0.3) is 0 Å². The third-order valence-electron chi connectivity index (χ3n) is 1.61. The van der Waals surface area contributed by atoms with Gasteiger partial charge >= 0.3 is 0 Å². The van der Waals surface area contributed by atoms with Gasteiger partial charge in [0.2, 0.25) is 16.0 Å². The number of anilines is 1. The van der Waals surface area contributed by atoms with Gasteiger partial charge in [0, 0.05) is 13.6 Å². The summed E-state index contributed by atoms with van der Waals surface area (Å²) in [5.41, 5.74) is 4.87. The number of amides is 2. The summed E-state index contributed by atoms with van der Waals surface area (Å²) in [6, 6.07) is 0. The molecule has 1 heterocycles. The Bertz CT molecular complexity index is 394. The Hall–Kier alpha value is -1.74. The number of primary amides is 1. The van der Waals surface area contributed by atoms with E-state index in [0.717, 1.165) is 11.3 Å². The van der Waals surface area contributed by atoms with E-state index >= 15 is 0 Å². The molecule has 0 fully saturated rings. The fraction of sp³-hybridized carbons (Fsp3) is 0.500. The summed E-state index contributed by atoms with van der Waals surface area (Å²) in [5.74, 6) is -0.870. The van der Waals surface area contributed by atoms with Crippen molar-refractivity contribution in [3.05, 3.63) is 5.01 Å². The molecule has 0 unspecified atom stereocenters. The van der Waals surface area contributed by atoms with Crippen molar-refractivity contribution in [1.82, 2.24) is 15.5 Å². The minimum absolute atomic E-state index is 0.154. The van der Waals surface area contributed by atoms with Crippen LogP contribution in [-0.4, -0.2) is 48.8 Å². The van der Waals surface area contributed by atoms with E-state index in [2.05, 4.69) is 20.8 Å². The highest BCUT2D eigenvalue weighted by atomic mass is 32.1. The predicted octanol–water partition coefficient (Wildman–Crippen LogP) is -1.19. The monoisotopic (exact) mass is 259 g/mol. The van der Waals surface area contributed by atoms with E-state index in [4.69, 9.17) is 10.5 Å². The van der Waals surface area contributed by atoms with Crippen molar-refractivity contribution in [2.24, 2.45) is 5.73 Å². The summed E-state index contributed by atoms with van der Waals surface area (Å²) in [6.07, 6.45) is 0. The van der Waals surface area contributed by atoms with Crippen LogP contribution in [0.1, 0.15) is 9.80 Å². The number of carbonyl (C=O) groups is 2. The van der Waals surface area contributed by atoms with Crippen LogP contribution in [0.5, 0.6) is 0 Å². The van der Waals surface area contributed by atoms with Gasteiger partial charge in [0.05, 0.1) is 6.61 Å². The number of hydrogen-bond donors (Lipinski definition) is 3. The molecule has 0 bridgehead atoms. The van der Waals surface area contributed by atoms with Gasteiger partial charge in [0.1, 0.15) is 6.61 Å². The van der Waals surface area contributed by atoms with E-state index in [1.165, 1.54) is 0 Å². The molecule has 94 valence electrons. The lowest BCUT2D eigenvalue weighted by atomic mass is 10.6. The lowest BCUT2D eigenvalue weighted by molar-refractivity contribution is -0.122. The minimum Gasteiger partial charge on any atom is -0.370 e. The molecule has 0 atom stereocenters. The maximum Gasteiger partial charge on any atom is 0.282 e. The first kappa shape index (κ1) is 13.3. The van der Waals surface area contributed by atoms with Crippen molar-refractivity contribution in [2.45, 2.75) is 0 Å². The normalized spacial score (nSPS) is 9.94. The van der Waals surface area contributed by atoms with Gasteiger partial charge < -0.3 is 21.1 Å². The molecule has 0 radical (unpaired) electrons. The molecule has 9 heteroatoms. The molecule has 1 rings (SSSR count). The Morgan fingerprint density at radius 3 is 2.82 bits per heavy atom. The molecule has 8 nitrogen and oxygen atoms in total. The first-order chi connectivity index (χ1) is 8.13. The molecule has 1 aromatic heterocycles. The van der Waals surface area contributed by atoms with Crippen LogP contribution in [0.3, 0.4) is 0 Å². The summed E-state index contributed by atoms with van der Waals surface area (Å²) in [6.45, 7) is 0.339. The van der Waals surface area contributed by atoms with Gasteiger partial charge in [-0.2, -0.15) is 0 Å². The molecule has 4 N–H and O–H groups in total. The number of hydrogen-bond acceptors (Lipinski definition) is 7. The van der Waals surface area contributed by atoms with Crippen molar-refractivity contribution in [1.29, 1.82) is 0 Å². The van der Waals surface area contributed by atoms with Crippen LogP contribution in [0.15, 0.2) is 0 Å². The number of rotatable bonds is 7. The molecule has 0 saturated heterocycles. The van der Waals surface area contributed by atoms with Gasteiger partial charge in [0.25, 0.3) is 5.91 Å². The van der Waals surface area contributed by atoms with Gasteiger partial charge in [-0.3, -0.25) is 9.59 Å². The Kier molecular flexibility index (Phi) is 5.30. The number of nitrogens with one attached hydrogen (secondary N) is 2. The van der Waals surface area contributed by atoms with Crippen molar-refractivity contribution in [3.8, 4) is 0 Å². The average Bonchev–Trinajstić information content (AvgIpc) is 2.76. The number of nitrogens with two attached hydrogens (primary N) is 1. The predicted molar refractivity (Wildman–Crippen MR) is 61.8 cm³/mol. The van der Waals surface area contributed by atoms with Crippen LogP contribution in [0.4, 0.5) is 5.13 Å². The Morgan fingerprint density at radius 1 is 1.47 bits per heavy atom. The zero-order valence-electron chi connectivity index (χ0n) is 9.23. The summed E-state index contributed by atoms with van der Waals surface area (Å²) in [4.78, 5) is 21.8. The van der Waals surface area contributed by atoms with E-state index in [-0.39, 0.29) is 30.7 Å². The Balaban J connectivity index is 2.23. The van der Waals surface area contributed by atoms with E-state index in [0.29, 0.717) is 5.13 Å². The second-order valence-electron chi connectivity index (χ2n) is 2.94. The summed E-state index contributed by atoms with van der Waals surface area (Å²) >= 11 is 1.15. The largest absolute Gasteiger partial charge is 0.370 e. The first-order valence-electron chi connectivity index (χ1n) is 4.79. The molecular formula is C8H13N5O3S. The van der Waals surface area contributed by atoms with Crippen molar-refractivity contribution < 1.29 is 14.3 Å². The van der Waals surface area contributed by atoms with E-state index in [1.54, 1.807) is 7.05 Å². The maximum atomic E-state index is 11.5. The highest BCUT2D eigenvalue weighted by molar-refractivity contribution is 7.17. The zero-order chi connectivity index (χ0) is 12.7. The SMILES string of the molecule is CNc1nnc(C(=O)NCCOCC(N)=O)s1. The molecular weight excluding hydrogens is 246 g/mol. The summed E-state index contributed by atoms with van der Waals surface area (Å²) in [7, 11) is 1.69. The van der Waals surface area contributed by atoms with Crippen LogP contribution >= 0.6 is 11.3 Å². The van der Waals surface area contributed by atoms with Gasteiger partial charge in [-0.1, -0.05) is 11.3 Å². The summed E-state index contributed by atoms with van der Waals surface area (Å²) in [5, 5.41) is 13.6. The van der Waals surface area contributed by atoms with Crippen LogP contribution in [-0.2, 0) is 9.53 Å². The lowest BCUT2D eigenvalue weighted by Crippen LogP contribution is -2.28. The molecule has 0 aliphatic rings.